The molecule has 98 valence electrons. The average Bonchev–Trinajstić information content (AvgIpc) is 3.06. The van der Waals surface area contributed by atoms with Crippen molar-refractivity contribution in [1.29, 1.82) is 0 Å². The van der Waals surface area contributed by atoms with E-state index in [1.165, 1.54) is 13.1 Å². The van der Waals surface area contributed by atoms with Gasteiger partial charge in [0, 0.05) is 21.1 Å². The molecule has 0 aromatic carbocycles. The van der Waals surface area contributed by atoms with E-state index in [2.05, 4.69) is 11.9 Å². The Kier molecular flexibility index (Phi) is 44.1. The van der Waals surface area contributed by atoms with Crippen LogP contribution in [0.3, 0.4) is 0 Å². The molecule has 1 fully saturated rings. The maximum atomic E-state index is 9.00. The molecule has 6 nitrogen and oxygen atoms in total. The van der Waals surface area contributed by atoms with E-state index < -0.39 is 5.97 Å². The summed E-state index contributed by atoms with van der Waals surface area (Å²) >= 11 is 0. The first-order valence-corrected chi connectivity index (χ1v) is 4.76. The van der Waals surface area contributed by atoms with Gasteiger partial charge in [0.05, 0.1) is 12.7 Å². The van der Waals surface area contributed by atoms with Crippen molar-refractivity contribution < 1.29 is 24.5 Å². The lowest BCUT2D eigenvalue weighted by Crippen LogP contribution is -1.78. The molecule has 1 aliphatic rings. The number of nitrogens with zero attached hydrogens (tertiary/aromatic N) is 1. The van der Waals surface area contributed by atoms with Crippen molar-refractivity contribution in [3.8, 4) is 0 Å². The molecule has 0 aliphatic carbocycles. The zero-order valence-corrected chi connectivity index (χ0v) is 10.9. The SMILES string of the molecule is CC.CC(=O)O.CC1CO1.CN=C=O.CO. The lowest BCUT2D eigenvalue weighted by molar-refractivity contribution is -0.134. The summed E-state index contributed by atoms with van der Waals surface area (Å²) in [6.45, 7) is 8.12. The third-order valence-corrected chi connectivity index (χ3v) is 0.591. The zero-order valence-electron chi connectivity index (χ0n) is 10.9. The fourth-order valence-electron chi connectivity index (χ4n) is 0.0962. The number of aliphatic hydroxyl groups excluding tert-OH is 1. The number of carboxylic acid groups (broad SMARTS) is 1. The highest BCUT2D eigenvalue weighted by atomic mass is 16.6. The predicted molar refractivity (Wildman–Crippen MR) is 62.3 cm³/mol. The van der Waals surface area contributed by atoms with Gasteiger partial charge in [-0.25, -0.2) is 9.79 Å². The Morgan fingerprint density at radius 3 is 1.56 bits per heavy atom. The van der Waals surface area contributed by atoms with E-state index in [1.807, 2.05) is 13.8 Å². The number of epoxide rings is 1. The molecule has 0 bridgehead atoms. The monoisotopic (exact) mass is 237 g/mol. The smallest absolute Gasteiger partial charge is 0.300 e. The molecule has 1 saturated heterocycles. The van der Waals surface area contributed by atoms with Gasteiger partial charge < -0.3 is 14.9 Å². The average molecular weight is 237 g/mol. The quantitative estimate of drug-likeness (QED) is 0.373. The second kappa shape index (κ2) is 29.2. The fraction of sp³-hybridized carbons (Fsp3) is 0.800. The molecule has 1 heterocycles. The summed E-state index contributed by atoms with van der Waals surface area (Å²) < 4.78 is 4.71. The number of ether oxygens (including phenoxy) is 1. The van der Waals surface area contributed by atoms with Crippen LogP contribution in [0, 0.1) is 0 Å². The van der Waals surface area contributed by atoms with Crippen LogP contribution in [0.2, 0.25) is 0 Å². The van der Waals surface area contributed by atoms with E-state index >= 15 is 0 Å². The maximum absolute atomic E-state index is 9.00. The number of aliphatic carboxylic acids is 1. The molecule has 0 radical (unpaired) electrons. The summed E-state index contributed by atoms with van der Waals surface area (Å²) in [5.74, 6) is -0.833. The molecule has 0 saturated carbocycles. The third kappa shape index (κ3) is 231. The van der Waals surface area contributed by atoms with E-state index in [9.17, 15) is 0 Å². The van der Waals surface area contributed by atoms with Gasteiger partial charge in [-0.05, 0) is 6.92 Å². The summed E-state index contributed by atoms with van der Waals surface area (Å²) in [5.41, 5.74) is 0. The second-order valence-corrected chi connectivity index (χ2v) is 1.98. The number of carboxylic acids is 1. The normalized spacial score (nSPS) is 13.3. The highest BCUT2D eigenvalue weighted by Crippen LogP contribution is 2.04. The van der Waals surface area contributed by atoms with Crippen molar-refractivity contribution in [2.45, 2.75) is 33.8 Å². The molecule has 2 N–H and O–H groups in total. The molecular weight excluding hydrogens is 214 g/mol. The van der Waals surface area contributed by atoms with Gasteiger partial charge >= 0.3 is 0 Å². The van der Waals surface area contributed by atoms with Gasteiger partial charge in [-0.15, -0.1) is 0 Å². The lowest BCUT2D eigenvalue weighted by atomic mass is 10.6. The Balaban J connectivity index is -0.0000000586. The number of carbonyl (C=O) groups excluding carboxylic acids is 1. The van der Waals surface area contributed by atoms with Crippen LogP contribution in [-0.4, -0.2) is 49.1 Å². The topological polar surface area (TPSA) is 99.5 Å². The summed E-state index contributed by atoms with van der Waals surface area (Å²) in [6, 6.07) is 0. The van der Waals surface area contributed by atoms with Crippen molar-refractivity contribution in [3.05, 3.63) is 0 Å². The van der Waals surface area contributed by atoms with E-state index in [4.69, 9.17) is 24.5 Å². The first-order chi connectivity index (χ1) is 7.54. The first kappa shape index (κ1) is 24.1. The van der Waals surface area contributed by atoms with E-state index in [1.54, 1.807) is 0 Å². The molecule has 1 unspecified atom stereocenters. The van der Waals surface area contributed by atoms with Crippen LogP contribution >= 0.6 is 0 Å². The largest absolute Gasteiger partial charge is 0.481 e. The van der Waals surface area contributed by atoms with Gasteiger partial charge in [0.15, 0.2) is 0 Å². The van der Waals surface area contributed by atoms with Crippen LogP contribution in [-0.2, 0) is 14.3 Å². The number of carbonyl (C=O) groups is 1. The predicted octanol–water partition coefficient (Wildman–Crippen LogP) is 1.08. The molecule has 1 rings (SSSR count). The minimum absolute atomic E-state index is 0.583. The summed E-state index contributed by atoms with van der Waals surface area (Å²) in [7, 11) is 2.38. The lowest BCUT2D eigenvalue weighted by Gasteiger charge is -1.59. The van der Waals surface area contributed by atoms with E-state index in [-0.39, 0.29) is 0 Å². The standard InChI is InChI=1S/C3H6O.C2H3NO.C2H4O2.C2H6.CH4O/c1-3-2-4-3;1-3-2-4;1-2(3)4;2*1-2/h3H,2H2,1H3;1H3;1H3,(H,3,4);1-2H3;2H,1H3. The Morgan fingerprint density at radius 2 is 1.56 bits per heavy atom. The molecule has 6 heteroatoms. The van der Waals surface area contributed by atoms with E-state index in [0.717, 1.165) is 20.6 Å². The number of rotatable bonds is 0. The number of aliphatic imine (C=N–C) groups is 1. The molecule has 0 spiro atoms. The van der Waals surface area contributed by atoms with Gasteiger partial charge in [-0.1, -0.05) is 13.8 Å². The summed E-state index contributed by atoms with van der Waals surface area (Å²) in [6.07, 6.45) is 1.89. The minimum Gasteiger partial charge on any atom is -0.481 e. The number of hydrogen-bond donors (Lipinski definition) is 2. The summed E-state index contributed by atoms with van der Waals surface area (Å²) in [4.78, 5) is 20.8. The van der Waals surface area contributed by atoms with E-state index in [0.29, 0.717) is 6.10 Å². The Labute approximate surface area is 97.0 Å². The molecule has 16 heavy (non-hydrogen) atoms. The van der Waals surface area contributed by atoms with Gasteiger partial charge in [0.1, 0.15) is 0 Å². The van der Waals surface area contributed by atoms with Crippen LogP contribution in [0.4, 0.5) is 0 Å². The minimum atomic E-state index is -0.833. The Hall–Kier alpha value is -1.23. The zero-order chi connectivity index (χ0) is 14.0. The second-order valence-electron chi connectivity index (χ2n) is 1.98. The van der Waals surface area contributed by atoms with Gasteiger partial charge in [0.25, 0.3) is 5.97 Å². The van der Waals surface area contributed by atoms with Crippen molar-refractivity contribution >= 4 is 12.0 Å². The van der Waals surface area contributed by atoms with Crippen molar-refractivity contribution in [3.63, 3.8) is 0 Å². The highest BCUT2D eigenvalue weighted by Gasteiger charge is 2.13. The summed E-state index contributed by atoms with van der Waals surface area (Å²) in [5, 5.41) is 14.4. The van der Waals surface area contributed by atoms with Crippen LogP contribution in [0.25, 0.3) is 0 Å². The Bertz CT molecular complexity index is 159. The van der Waals surface area contributed by atoms with Gasteiger partial charge in [-0.3, -0.25) is 4.79 Å². The number of hydrogen-bond acceptors (Lipinski definition) is 5. The number of isocyanates is 1. The van der Waals surface area contributed by atoms with Crippen molar-refractivity contribution in [2.75, 3.05) is 20.8 Å². The molecule has 0 amide bonds. The molecule has 0 aromatic heterocycles. The molecular formula is C10H23NO5. The van der Waals surface area contributed by atoms with Crippen LogP contribution in [0.5, 0.6) is 0 Å². The van der Waals surface area contributed by atoms with Gasteiger partial charge in [0.2, 0.25) is 6.08 Å². The van der Waals surface area contributed by atoms with Crippen LogP contribution in [0.1, 0.15) is 27.7 Å². The molecule has 1 atom stereocenters. The highest BCUT2D eigenvalue weighted by molar-refractivity contribution is 5.62. The molecule has 0 aromatic rings. The van der Waals surface area contributed by atoms with Crippen LogP contribution < -0.4 is 0 Å². The molecule has 1 aliphatic heterocycles. The Morgan fingerprint density at radius 1 is 1.44 bits per heavy atom. The van der Waals surface area contributed by atoms with Crippen LogP contribution in [0.15, 0.2) is 4.99 Å². The number of aliphatic hydroxyl groups is 1. The fourth-order valence-corrected chi connectivity index (χ4v) is 0.0962. The maximum Gasteiger partial charge on any atom is 0.300 e. The van der Waals surface area contributed by atoms with Gasteiger partial charge in [-0.2, -0.15) is 0 Å². The third-order valence-electron chi connectivity index (χ3n) is 0.591. The van der Waals surface area contributed by atoms with Crippen molar-refractivity contribution in [2.24, 2.45) is 4.99 Å². The first-order valence-electron chi connectivity index (χ1n) is 4.76. The van der Waals surface area contributed by atoms with Crippen molar-refractivity contribution in [1.82, 2.24) is 0 Å².